The van der Waals surface area contributed by atoms with E-state index in [9.17, 15) is 9.90 Å². The van der Waals surface area contributed by atoms with Crippen molar-refractivity contribution in [2.24, 2.45) is 5.92 Å². The van der Waals surface area contributed by atoms with Gasteiger partial charge in [-0.25, -0.2) is 4.98 Å². The molecule has 1 aromatic carbocycles. The van der Waals surface area contributed by atoms with E-state index in [0.29, 0.717) is 24.7 Å². The van der Waals surface area contributed by atoms with E-state index in [1.54, 1.807) is 11.0 Å². The molecule has 20 heavy (non-hydrogen) atoms. The molecule has 2 aliphatic rings. The van der Waals surface area contributed by atoms with Crippen molar-refractivity contribution in [2.45, 2.75) is 18.4 Å². The number of para-hydroxylation sites is 1. The molecule has 0 bridgehead atoms. The van der Waals surface area contributed by atoms with Crippen molar-refractivity contribution in [2.75, 3.05) is 13.1 Å². The zero-order chi connectivity index (χ0) is 13.7. The van der Waals surface area contributed by atoms with E-state index in [1.807, 2.05) is 30.3 Å². The first-order chi connectivity index (χ1) is 9.66. The Balaban J connectivity index is 1.55. The number of likely N-dealkylation sites (tertiary alicyclic amines) is 1. The maximum atomic E-state index is 12.4. The second kappa shape index (κ2) is 4.03. The molecule has 0 radical (unpaired) electrons. The topological polar surface area (TPSA) is 53.4 Å². The number of carbonyl (C=O) groups is 1. The summed E-state index contributed by atoms with van der Waals surface area (Å²) < 4.78 is 0. The van der Waals surface area contributed by atoms with Crippen LogP contribution in [0.25, 0.3) is 10.9 Å². The highest BCUT2D eigenvalue weighted by Gasteiger charge is 2.53. The summed E-state index contributed by atoms with van der Waals surface area (Å²) >= 11 is 0. The van der Waals surface area contributed by atoms with Gasteiger partial charge in [0.05, 0.1) is 18.6 Å². The molecule has 4 heteroatoms. The number of aromatic nitrogens is 1. The highest BCUT2D eigenvalue weighted by molar-refractivity contribution is 5.95. The summed E-state index contributed by atoms with van der Waals surface area (Å²) in [4.78, 5) is 18.5. The summed E-state index contributed by atoms with van der Waals surface area (Å²) in [6, 6.07) is 11.4. The van der Waals surface area contributed by atoms with E-state index < -0.39 is 5.60 Å². The summed E-state index contributed by atoms with van der Waals surface area (Å²) in [5, 5.41) is 11.3. The van der Waals surface area contributed by atoms with E-state index >= 15 is 0 Å². The second-order valence-electron chi connectivity index (χ2n) is 5.93. The number of amides is 1. The Bertz CT molecular complexity index is 688. The van der Waals surface area contributed by atoms with Crippen molar-refractivity contribution in [3.63, 3.8) is 0 Å². The normalized spacial score (nSPS) is 20.8. The van der Waals surface area contributed by atoms with Gasteiger partial charge in [0.1, 0.15) is 11.3 Å². The Kier molecular flexibility index (Phi) is 2.39. The van der Waals surface area contributed by atoms with Crippen LogP contribution in [-0.4, -0.2) is 39.6 Å². The molecular formula is C16H16N2O2. The van der Waals surface area contributed by atoms with Crippen LogP contribution in [0.4, 0.5) is 0 Å². The predicted molar refractivity (Wildman–Crippen MR) is 75.3 cm³/mol. The van der Waals surface area contributed by atoms with Gasteiger partial charge in [-0.2, -0.15) is 0 Å². The first-order valence-corrected chi connectivity index (χ1v) is 7.03. The molecule has 0 unspecified atom stereocenters. The van der Waals surface area contributed by atoms with Gasteiger partial charge in [-0.15, -0.1) is 0 Å². The molecule has 1 amide bonds. The van der Waals surface area contributed by atoms with Gasteiger partial charge in [-0.05, 0) is 30.9 Å². The fourth-order valence-corrected chi connectivity index (χ4v) is 2.98. The van der Waals surface area contributed by atoms with Crippen LogP contribution in [0.2, 0.25) is 0 Å². The van der Waals surface area contributed by atoms with E-state index in [-0.39, 0.29) is 5.91 Å². The fourth-order valence-electron chi connectivity index (χ4n) is 2.98. The number of hydrogen-bond donors (Lipinski definition) is 1. The molecular weight excluding hydrogens is 252 g/mol. The smallest absolute Gasteiger partial charge is 0.272 e. The third kappa shape index (κ3) is 1.79. The molecule has 4 nitrogen and oxygen atoms in total. The molecule has 1 aliphatic carbocycles. The number of nitrogens with zero attached hydrogens (tertiary/aromatic N) is 2. The van der Waals surface area contributed by atoms with E-state index in [1.165, 1.54) is 0 Å². The minimum atomic E-state index is -0.632. The maximum Gasteiger partial charge on any atom is 0.272 e. The van der Waals surface area contributed by atoms with Gasteiger partial charge in [0, 0.05) is 5.39 Å². The number of carbonyl (C=O) groups excluding carboxylic acids is 1. The van der Waals surface area contributed by atoms with Crippen LogP contribution in [0.5, 0.6) is 0 Å². The van der Waals surface area contributed by atoms with Gasteiger partial charge in [0.15, 0.2) is 0 Å². The number of pyridine rings is 1. The Labute approximate surface area is 117 Å². The summed E-state index contributed by atoms with van der Waals surface area (Å²) in [5.74, 6) is 0.317. The summed E-state index contributed by atoms with van der Waals surface area (Å²) in [5.41, 5.74) is 0.657. The molecule has 1 saturated carbocycles. The number of rotatable bonds is 2. The second-order valence-corrected chi connectivity index (χ2v) is 5.93. The molecule has 0 spiro atoms. The van der Waals surface area contributed by atoms with Gasteiger partial charge in [-0.1, -0.05) is 24.3 Å². The third-order valence-corrected chi connectivity index (χ3v) is 4.37. The minimum absolute atomic E-state index is 0.0823. The monoisotopic (exact) mass is 268 g/mol. The van der Waals surface area contributed by atoms with Crippen LogP contribution in [0.15, 0.2) is 36.4 Å². The van der Waals surface area contributed by atoms with Crippen LogP contribution in [0, 0.1) is 5.92 Å². The van der Waals surface area contributed by atoms with Crippen LogP contribution in [-0.2, 0) is 0 Å². The molecule has 1 aliphatic heterocycles. The third-order valence-electron chi connectivity index (χ3n) is 4.37. The lowest BCUT2D eigenvalue weighted by atomic mass is 9.88. The van der Waals surface area contributed by atoms with Crippen LogP contribution in [0.3, 0.4) is 0 Å². The van der Waals surface area contributed by atoms with Gasteiger partial charge >= 0.3 is 0 Å². The Morgan fingerprint density at radius 2 is 1.95 bits per heavy atom. The number of benzene rings is 1. The lowest BCUT2D eigenvalue weighted by molar-refractivity contribution is -0.0959. The molecule has 1 saturated heterocycles. The standard InChI is InChI=1S/C16H16N2O2/c19-15(18-9-16(20,10-18)12-6-7-12)14-8-5-11-3-1-2-4-13(11)17-14/h1-5,8,12,20H,6-7,9-10H2. The first kappa shape index (κ1) is 11.9. The summed E-state index contributed by atoms with van der Waals surface area (Å²) in [6.07, 6.45) is 2.18. The van der Waals surface area contributed by atoms with Gasteiger partial charge < -0.3 is 10.0 Å². The number of hydrogen-bond acceptors (Lipinski definition) is 3. The summed E-state index contributed by atoms with van der Waals surface area (Å²) in [6.45, 7) is 0.899. The van der Waals surface area contributed by atoms with E-state index in [4.69, 9.17) is 0 Å². The van der Waals surface area contributed by atoms with Crippen molar-refractivity contribution in [1.82, 2.24) is 9.88 Å². The minimum Gasteiger partial charge on any atom is -0.386 e. The molecule has 0 atom stereocenters. The molecule has 102 valence electrons. The zero-order valence-electron chi connectivity index (χ0n) is 11.1. The number of β-amino-alcohol motifs (C(OH)–C–C–N with tert-alkyl or cyclic N) is 1. The molecule has 4 rings (SSSR count). The van der Waals surface area contributed by atoms with Crippen molar-refractivity contribution >= 4 is 16.8 Å². The lowest BCUT2D eigenvalue weighted by Gasteiger charge is -2.46. The number of fused-ring (bicyclic) bond motifs is 1. The van der Waals surface area contributed by atoms with Crippen molar-refractivity contribution < 1.29 is 9.90 Å². The van der Waals surface area contributed by atoms with Crippen molar-refractivity contribution in [1.29, 1.82) is 0 Å². The molecule has 1 aromatic heterocycles. The Morgan fingerprint density at radius 3 is 2.70 bits per heavy atom. The van der Waals surface area contributed by atoms with Crippen LogP contribution < -0.4 is 0 Å². The SMILES string of the molecule is O=C(c1ccc2ccccc2n1)N1CC(O)(C2CC2)C1. The van der Waals surface area contributed by atoms with Gasteiger partial charge in [0.25, 0.3) is 5.91 Å². The highest BCUT2D eigenvalue weighted by atomic mass is 16.3. The molecule has 2 aromatic rings. The molecule has 2 heterocycles. The molecule has 1 N–H and O–H groups in total. The van der Waals surface area contributed by atoms with E-state index in [0.717, 1.165) is 23.7 Å². The fraction of sp³-hybridized carbons (Fsp3) is 0.375. The van der Waals surface area contributed by atoms with Crippen molar-refractivity contribution in [3.8, 4) is 0 Å². The Hall–Kier alpha value is -1.94. The van der Waals surface area contributed by atoms with Crippen LogP contribution >= 0.6 is 0 Å². The predicted octanol–water partition coefficient (Wildman–Crippen LogP) is 1.83. The summed E-state index contributed by atoms with van der Waals surface area (Å²) in [7, 11) is 0. The highest BCUT2D eigenvalue weighted by Crippen LogP contribution is 2.44. The van der Waals surface area contributed by atoms with Gasteiger partial charge in [-0.3, -0.25) is 4.79 Å². The lowest BCUT2D eigenvalue weighted by Crippen LogP contribution is -2.64. The average Bonchev–Trinajstić information content (AvgIpc) is 3.27. The average molecular weight is 268 g/mol. The Morgan fingerprint density at radius 1 is 1.20 bits per heavy atom. The zero-order valence-corrected chi connectivity index (χ0v) is 11.1. The number of aliphatic hydroxyl groups is 1. The van der Waals surface area contributed by atoms with Gasteiger partial charge in [0.2, 0.25) is 0 Å². The van der Waals surface area contributed by atoms with E-state index in [2.05, 4.69) is 4.98 Å². The van der Waals surface area contributed by atoms with Crippen molar-refractivity contribution in [3.05, 3.63) is 42.1 Å². The van der Waals surface area contributed by atoms with Crippen LogP contribution in [0.1, 0.15) is 23.3 Å². The first-order valence-electron chi connectivity index (χ1n) is 7.03. The molecule has 2 fully saturated rings. The quantitative estimate of drug-likeness (QED) is 0.904. The maximum absolute atomic E-state index is 12.4. The largest absolute Gasteiger partial charge is 0.386 e.